The van der Waals surface area contributed by atoms with E-state index >= 15 is 0 Å². The van der Waals surface area contributed by atoms with Crippen molar-refractivity contribution in [2.75, 3.05) is 33.6 Å². The summed E-state index contributed by atoms with van der Waals surface area (Å²) in [6.45, 7) is -2.40. The van der Waals surface area contributed by atoms with Crippen LogP contribution in [0.4, 0.5) is 0 Å². The van der Waals surface area contributed by atoms with Crippen LogP contribution in [0.3, 0.4) is 0 Å². The van der Waals surface area contributed by atoms with Crippen molar-refractivity contribution in [2.24, 2.45) is 0 Å². The maximum Gasteiger partial charge on any atom is 0.188 e. The first-order valence-electron chi connectivity index (χ1n) is 12.2. The number of aliphatic hydroxyl groups is 10. The number of ether oxygens (including phenoxy) is 6. The number of rotatable bonds is 11. The highest BCUT2D eigenvalue weighted by molar-refractivity contribution is 4.95. The summed E-state index contributed by atoms with van der Waals surface area (Å²) in [4.78, 5) is 0. The lowest BCUT2D eigenvalue weighted by Crippen LogP contribution is -3.13. The largest absolute Gasteiger partial charge is 0.394 e. The number of nitrogens with one attached hydrogen (secondary N) is 2. The molecule has 3 saturated heterocycles. The van der Waals surface area contributed by atoms with E-state index in [0.29, 0.717) is 0 Å². The fraction of sp³-hybridized carbons (Fsp3) is 1.00. The SMILES string of the molecule is C[NH+](O)NCOC1OC(CO)C(O)C(OC2OC(COC3OC(CO)C(O)C(O)C3O)C(O)C(O)C2O)C1O. The maximum atomic E-state index is 10.7. The predicted molar refractivity (Wildman–Crippen MR) is 117 cm³/mol. The van der Waals surface area contributed by atoms with E-state index in [9.17, 15) is 56.3 Å². The molecule has 3 heterocycles. The second kappa shape index (κ2) is 14.4. The van der Waals surface area contributed by atoms with Crippen LogP contribution in [0.5, 0.6) is 0 Å². The molecule has 3 fully saturated rings. The fourth-order valence-corrected chi connectivity index (χ4v) is 4.30. The Morgan fingerprint density at radius 3 is 1.67 bits per heavy atom. The first-order chi connectivity index (χ1) is 18.4. The summed E-state index contributed by atoms with van der Waals surface area (Å²) >= 11 is 0. The summed E-state index contributed by atoms with van der Waals surface area (Å²) < 4.78 is 32.2. The zero-order valence-corrected chi connectivity index (χ0v) is 20.9. The molecule has 0 aromatic heterocycles. The molecule has 19 heteroatoms. The topological polar surface area (TPSA) is 294 Å². The number of hydrogen-bond donors (Lipinski definition) is 13. The van der Waals surface area contributed by atoms with Crippen molar-refractivity contribution in [1.82, 2.24) is 5.43 Å². The van der Waals surface area contributed by atoms with Gasteiger partial charge in [-0.05, 0) is 0 Å². The van der Waals surface area contributed by atoms with Gasteiger partial charge in [-0.3, -0.25) is 0 Å². The van der Waals surface area contributed by atoms with Crippen molar-refractivity contribution >= 4 is 0 Å². The number of quaternary nitrogens is 1. The summed E-state index contributed by atoms with van der Waals surface area (Å²) in [5.41, 5.74) is 2.41. The minimum absolute atomic E-state index is 0.199. The lowest BCUT2D eigenvalue weighted by Gasteiger charge is -2.46. The average Bonchev–Trinajstić information content (AvgIpc) is 2.90. The molecule has 230 valence electrons. The lowest BCUT2D eigenvalue weighted by molar-refractivity contribution is -1.11. The van der Waals surface area contributed by atoms with E-state index in [1.54, 1.807) is 0 Å². The van der Waals surface area contributed by atoms with Crippen molar-refractivity contribution in [3.05, 3.63) is 0 Å². The normalized spacial score (nSPS) is 48.2. The van der Waals surface area contributed by atoms with Gasteiger partial charge in [-0.25, -0.2) is 0 Å². The molecular weight excluding hydrogens is 540 g/mol. The van der Waals surface area contributed by atoms with Gasteiger partial charge in [0.05, 0.1) is 19.8 Å². The molecular formula is C20H39N2O17+. The van der Waals surface area contributed by atoms with Crippen LogP contribution in [-0.4, -0.2) is 182 Å². The molecule has 0 amide bonds. The summed E-state index contributed by atoms with van der Waals surface area (Å²) in [5, 5.41) is 110. The molecule has 0 aromatic carbocycles. The Labute approximate surface area is 221 Å². The summed E-state index contributed by atoms with van der Waals surface area (Å²) in [6.07, 6.45) is -24.6. The summed E-state index contributed by atoms with van der Waals surface area (Å²) in [6, 6.07) is 0. The molecule has 19 nitrogen and oxygen atoms in total. The Bertz CT molecular complexity index is 738. The lowest BCUT2D eigenvalue weighted by atomic mass is 9.97. The molecule has 16 unspecified atom stereocenters. The van der Waals surface area contributed by atoms with Crippen LogP contribution in [-0.2, 0) is 28.4 Å². The average molecular weight is 580 g/mol. The Kier molecular flexibility index (Phi) is 12.1. The Morgan fingerprint density at radius 1 is 0.615 bits per heavy atom. The molecule has 0 spiro atoms. The van der Waals surface area contributed by atoms with Crippen LogP contribution in [0.25, 0.3) is 0 Å². The van der Waals surface area contributed by atoms with Crippen molar-refractivity contribution in [3.8, 4) is 0 Å². The van der Waals surface area contributed by atoms with Crippen LogP contribution < -0.4 is 10.6 Å². The van der Waals surface area contributed by atoms with Crippen molar-refractivity contribution in [2.45, 2.75) is 92.1 Å². The van der Waals surface area contributed by atoms with Crippen molar-refractivity contribution < 1.29 is 89.9 Å². The Morgan fingerprint density at radius 2 is 1.10 bits per heavy atom. The Hall–Kier alpha value is -0.760. The fourth-order valence-electron chi connectivity index (χ4n) is 4.30. The van der Waals surface area contributed by atoms with E-state index in [1.165, 1.54) is 7.05 Å². The third-order valence-electron chi connectivity index (χ3n) is 6.63. The molecule has 0 saturated carbocycles. The van der Waals surface area contributed by atoms with Gasteiger partial charge in [-0.2, -0.15) is 5.21 Å². The molecule has 16 atom stereocenters. The standard InChI is InChI=1S/C20H38N2O17/c1-22(33)21-5-35-19-16(32)17(11(27)7(3-24)37-19)39-20-15(31)13(29)10(26)8(38-20)4-34-18-14(30)12(28)9(25)6(2-23)36-18/h6-21,23-33H,2-5H2,1H3/p+1. The predicted octanol–water partition coefficient (Wildman–Crippen LogP) is -9.18. The van der Waals surface area contributed by atoms with E-state index in [2.05, 4.69) is 5.43 Å². The number of hydrogen-bond acceptors (Lipinski definition) is 18. The molecule has 0 aliphatic carbocycles. The van der Waals surface area contributed by atoms with Crippen molar-refractivity contribution in [3.63, 3.8) is 0 Å². The van der Waals surface area contributed by atoms with Gasteiger partial charge in [0.25, 0.3) is 0 Å². The first-order valence-corrected chi connectivity index (χ1v) is 12.2. The first kappa shape index (κ1) is 32.8. The smallest absolute Gasteiger partial charge is 0.188 e. The maximum absolute atomic E-state index is 10.7. The minimum atomic E-state index is -1.90. The van der Waals surface area contributed by atoms with Crippen LogP contribution in [0, 0.1) is 0 Å². The highest BCUT2D eigenvalue weighted by atomic mass is 16.8. The van der Waals surface area contributed by atoms with Crippen LogP contribution in [0.15, 0.2) is 0 Å². The van der Waals surface area contributed by atoms with E-state index < -0.39 is 112 Å². The summed E-state index contributed by atoms with van der Waals surface area (Å²) in [7, 11) is 1.33. The third kappa shape index (κ3) is 7.55. The minimum Gasteiger partial charge on any atom is -0.394 e. The second-order valence-electron chi connectivity index (χ2n) is 9.43. The quantitative estimate of drug-likeness (QED) is 0.0798. The van der Waals surface area contributed by atoms with Gasteiger partial charge in [0, 0.05) is 0 Å². The van der Waals surface area contributed by atoms with Crippen LogP contribution in [0.1, 0.15) is 0 Å². The third-order valence-corrected chi connectivity index (χ3v) is 6.63. The molecule has 0 radical (unpaired) electrons. The van der Waals surface area contributed by atoms with E-state index in [0.717, 1.165) is 0 Å². The van der Waals surface area contributed by atoms with Crippen LogP contribution in [0.2, 0.25) is 0 Å². The zero-order valence-electron chi connectivity index (χ0n) is 20.9. The van der Waals surface area contributed by atoms with E-state index in [1.807, 2.05) is 0 Å². The molecule has 3 rings (SSSR count). The van der Waals surface area contributed by atoms with Gasteiger partial charge >= 0.3 is 0 Å². The zero-order chi connectivity index (χ0) is 29.0. The van der Waals surface area contributed by atoms with Gasteiger partial charge in [-0.15, -0.1) is 10.6 Å². The Balaban J connectivity index is 1.67. The second-order valence-corrected chi connectivity index (χ2v) is 9.43. The molecule has 0 aromatic rings. The van der Waals surface area contributed by atoms with Gasteiger partial charge in [0.2, 0.25) is 0 Å². The molecule has 0 bridgehead atoms. The highest BCUT2D eigenvalue weighted by Crippen LogP contribution is 2.30. The molecule has 3 aliphatic heterocycles. The number of hydroxylamine groups is 1. The highest BCUT2D eigenvalue weighted by Gasteiger charge is 2.51. The molecule has 3 aliphatic rings. The monoisotopic (exact) mass is 579 g/mol. The summed E-state index contributed by atoms with van der Waals surface area (Å²) in [5.74, 6) is 0. The molecule has 39 heavy (non-hydrogen) atoms. The van der Waals surface area contributed by atoms with E-state index in [4.69, 9.17) is 28.4 Å². The van der Waals surface area contributed by atoms with Crippen molar-refractivity contribution in [1.29, 1.82) is 0 Å². The van der Waals surface area contributed by atoms with Gasteiger partial charge in [-0.1, -0.05) is 0 Å². The molecule has 13 N–H and O–H groups in total. The van der Waals surface area contributed by atoms with Gasteiger partial charge in [0.15, 0.2) is 18.9 Å². The number of aliphatic hydroxyl groups excluding tert-OH is 10. The van der Waals surface area contributed by atoms with Gasteiger partial charge < -0.3 is 79.5 Å². The van der Waals surface area contributed by atoms with Crippen LogP contribution >= 0.6 is 0 Å². The van der Waals surface area contributed by atoms with E-state index in [-0.39, 0.29) is 11.9 Å². The van der Waals surface area contributed by atoms with Gasteiger partial charge in [0.1, 0.15) is 87.0 Å².